The van der Waals surface area contributed by atoms with E-state index in [0.717, 1.165) is 31.9 Å². The summed E-state index contributed by atoms with van der Waals surface area (Å²) in [5.74, 6) is 2.03. The van der Waals surface area contributed by atoms with Gasteiger partial charge in [-0.15, -0.1) is 0 Å². The lowest BCUT2D eigenvalue weighted by Crippen LogP contribution is -2.46. The molecule has 0 saturated carbocycles. The van der Waals surface area contributed by atoms with Crippen LogP contribution in [0.3, 0.4) is 0 Å². The Labute approximate surface area is 146 Å². The fourth-order valence-corrected chi connectivity index (χ4v) is 2.60. The maximum absolute atomic E-state index is 10.6. The topological polar surface area (TPSA) is 73.0 Å². The summed E-state index contributed by atoms with van der Waals surface area (Å²) in [4.78, 5) is 6.91. The third-order valence-corrected chi connectivity index (χ3v) is 4.16. The van der Waals surface area contributed by atoms with E-state index in [1.807, 2.05) is 19.9 Å². The molecule has 0 aliphatic rings. The molecule has 0 amide bonds. The van der Waals surface area contributed by atoms with Gasteiger partial charge in [0, 0.05) is 19.1 Å². The number of aryl methyl sites for hydroxylation is 1. The number of furan rings is 1. The molecule has 0 aromatic carbocycles. The van der Waals surface area contributed by atoms with Gasteiger partial charge in [-0.3, -0.25) is 4.90 Å². The Balaban J connectivity index is 2.68. The molecular formula is C18H34N4O2. The van der Waals surface area contributed by atoms with Crippen LogP contribution in [0.5, 0.6) is 0 Å². The summed E-state index contributed by atoms with van der Waals surface area (Å²) >= 11 is 0. The first-order chi connectivity index (χ1) is 11.3. The van der Waals surface area contributed by atoms with Gasteiger partial charge in [0.25, 0.3) is 0 Å². The normalized spacial score (nSPS) is 16.1. The summed E-state index contributed by atoms with van der Waals surface area (Å²) in [6.07, 6.45) is 0. The fraction of sp³-hybridized carbons (Fsp3) is 0.722. The molecule has 0 aliphatic heterocycles. The quantitative estimate of drug-likeness (QED) is 0.475. The van der Waals surface area contributed by atoms with Crippen molar-refractivity contribution in [1.29, 1.82) is 0 Å². The number of hydrogen-bond donors (Lipinski definition) is 3. The number of nitrogens with one attached hydrogen (secondary N) is 2. The van der Waals surface area contributed by atoms with E-state index >= 15 is 0 Å². The van der Waals surface area contributed by atoms with E-state index in [4.69, 9.17) is 4.42 Å². The van der Waals surface area contributed by atoms with Crippen LogP contribution in [0.15, 0.2) is 21.5 Å². The molecule has 3 N–H and O–H groups in total. The van der Waals surface area contributed by atoms with Crippen molar-refractivity contribution in [3.63, 3.8) is 0 Å². The monoisotopic (exact) mass is 338 g/mol. The second-order valence-corrected chi connectivity index (χ2v) is 6.33. The highest BCUT2D eigenvalue weighted by Gasteiger charge is 2.26. The molecule has 2 atom stereocenters. The summed E-state index contributed by atoms with van der Waals surface area (Å²) in [6, 6.07) is 4.06. The third-order valence-electron chi connectivity index (χ3n) is 4.16. The van der Waals surface area contributed by atoms with Crippen LogP contribution >= 0.6 is 0 Å². The summed E-state index contributed by atoms with van der Waals surface area (Å²) in [5.41, 5.74) is -1.12. The molecule has 0 radical (unpaired) electrons. The van der Waals surface area contributed by atoms with Crippen LogP contribution in [0.1, 0.15) is 46.1 Å². The number of aliphatic hydroxyl groups is 1. The zero-order valence-electron chi connectivity index (χ0n) is 16.0. The van der Waals surface area contributed by atoms with Gasteiger partial charge in [0.15, 0.2) is 5.96 Å². The van der Waals surface area contributed by atoms with Gasteiger partial charge in [0.2, 0.25) is 0 Å². The maximum Gasteiger partial charge on any atom is 0.191 e. The molecule has 1 aromatic heterocycles. The first-order valence-electron chi connectivity index (χ1n) is 8.89. The van der Waals surface area contributed by atoms with E-state index < -0.39 is 5.60 Å². The smallest absolute Gasteiger partial charge is 0.191 e. The van der Waals surface area contributed by atoms with Gasteiger partial charge in [-0.25, -0.2) is 4.99 Å². The minimum Gasteiger partial charge on any atom is -0.463 e. The van der Waals surface area contributed by atoms with Crippen molar-refractivity contribution in [2.45, 2.75) is 53.2 Å². The molecule has 1 heterocycles. The molecule has 0 saturated heterocycles. The predicted molar refractivity (Wildman–Crippen MR) is 99.4 cm³/mol. The van der Waals surface area contributed by atoms with Crippen molar-refractivity contribution >= 4 is 5.96 Å². The van der Waals surface area contributed by atoms with Crippen molar-refractivity contribution in [3.8, 4) is 0 Å². The van der Waals surface area contributed by atoms with Crippen LogP contribution in [-0.4, -0.2) is 54.7 Å². The van der Waals surface area contributed by atoms with Crippen LogP contribution in [0.4, 0.5) is 0 Å². The lowest BCUT2D eigenvalue weighted by molar-refractivity contribution is 0.0428. The number of hydrogen-bond acceptors (Lipinski definition) is 4. The van der Waals surface area contributed by atoms with Crippen molar-refractivity contribution in [2.75, 3.05) is 32.7 Å². The number of rotatable bonds is 9. The van der Waals surface area contributed by atoms with Crippen molar-refractivity contribution in [3.05, 3.63) is 23.7 Å². The number of aliphatic imine (C=N–C) groups is 1. The van der Waals surface area contributed by atoms with E-state index in [-0.39, 0.29) is 6.54 Å². The van der Waals surface area contributed by atoms with Gasteiger partial charge in [0.1, 0.15) is 17.1 Å². The Morgan fingerprint density at radius 2 is 1.96 bits per heavy atom. The molecule has 2 unspecified atom stereocenters. The van der Waals surface area contributed by atoms with Crippen molar-refractivity contribution in [2.24, 2.45) is 4.99 Å². The number of guanidine groups is 1. The molecule has 1 rings (SSSR count). The molecular weight excluding hydrogens is 304 g/mol. The molecule has 24 heavy (non-hydrogen) atoms. The molecule has 0 bridgehead atoms. The Kier molecular flexibility index (Phi) is 8.28. The zero-order valence-corrected chi connectivity index (χ0v) is 16.0. The summed E-state index contributed by atoms with van der Waals surface area (Å²) in [6.45, 7) is 16.0. The number of likely N-dealkylation sites (N-methyl/N-ethyl adjacent to an activating group) is 1. The molecule has 0 fully saturated rings. The lowest BCUT2D eigenvalue weighted by Gasteiger charge is -2.27. The standard InChI is InChI=1S/C18H34N4O2/c1-7-19-17(20-12-14(4)22(8-2)9-3)21-13-18(6,23)16-11-10-15(5)24-16/h10-11,14,23H,7-9,12-13H2,1-6H3,(H2,19,20,21). The van der Waals surface area contributed by atoms with Crippen molar-refractivity contribution in [1.82, 2.24) is 15.5 Å². The van der Waals surface area contributed by atoms with Crippen LogP contribution in [0.2, 0.25) is 0 Å². The fourth-order valence-electron chi connectivity index (χ4n) is 2.60. The van der Waals surface area contributed by atoms with E-state index in [2.05, 4.69) is 41.3 Å². The van der Waals surface area contributed by atoms with Gasteiger partial charge in [-0.2, -0.15) is 0 Å². The zero-order chi connectivity index (χ0) is 18.2. The first kappa shape index (κ1) is 20.5. The molecule has 6 nitrogen and oxygen atoms in total. The van der Waals surface area contributed by atoms with E-state index in [9.17, 15) is 5.11 Å². The summed E-state index contributed by atoms with van der Waals surface area (Å²) < 4.78 is 5.53. The Morgan fingerprint density at radius 3 is 2.46 bits per heavy atom. The Hall–Kier alpha value is -1.53. The maximum atomic E-state index is 10.6. The largest absolute Gasteiger partial charge is 0.463 e. The van der Waals surface area contributed by atoms with Gasteiger partial charge in [0.05, 0.1) is 6.54 Å². The van der Waals surface area contributed by atoms with E-state index in [1.165, 1.54) is 0 Å². The Morgan fingerprint density at radius 1 is 1.29 bits per heavy atom. The highest BCUT2D eigenvalue weighted by Crippen LogP contribution is 2.22. The lowest BCUT2D eigenvalue weighted by atomic mass is 10.0. The minimum absolute atomic E-state index is 0.231. The van der Waals surface area contributed by atoms with E-state index in [0.29, 0.717) is 17.8 Å². The average Bonchev–Trinajstić information content (AvgIpc) is 2.98. The highest BCUT2D eigenvalue weighted by atomic mass is 16.4. The summed E-state index contributed by atoms with van der Waals surface area (Å²) in [7, 11) is 0. The summed E-state index contributed by atoms with van der Waals surface area (Å²) in [5, 5.41) is 17.2. The minimum atomic E-state index is -1.12. The molecule has 0 spiro atoms. The Bertz CT molecular complexity index is 507. The second kappa shape index (κ2) is 9.69. The SMILES string of the molecule is CCNC(=NCC(C)(O)c1ccc(C)o1)NCC(C)N(CC)CC. The van der Waals surface area contributed by atoms with Crippen LogP contribution in [0, 0.1) is 6.92 Å². The molecule has 1 aromatic rings. The van der Waals surface area contributed by atoms with Gasteiger partial charge >= 0.3 is 0 Å². The van der Waals surface area contributed by atoms with E-state index in [1.54, 1.807) is 13.0 Å². The number of nitrogens with zero attached hydrogens (tertiary/aromatic N) is 2. The highest BCUT2D eigenvalue weighted by molar-refractivity contribution is 5.79. The van der Waals surface area contributed by atoms with Gasteiger partial charge in [-0.05, 0) is 52.9 Å². The predicted octanol–water partition coefficient (Wildman–Crippen LogP) is 2.08. The third kappa shape index (κ3) is 6.17. The second-order valence-electron chi connectivity index (χ2n) is 6.33. The van der Waals surface area contributed by atoms with Gasteiger partial charge in [-0.1, -0.05) is 13.8 Å². The van der Waals surface area contributed by atoms with Crippen LogP contribution in [-0.2, 0) is 5.60 Å². The molecule has 138 valence electrons. The molecule has 0 aliphatic carbocycles. The van der Waals surface area contributed by atoms with Crippen molar-refractivity contribution < 1.29 is 9.52 Å². The first-order valence-corrected chi connectivity index (χ1v) is 8.89. The van der Waals surface area contributed by atoms with Gasteiger partial charge < -0.3 is 20.2 Å². The average molecular weight is 338 g/mol. The molecule has 6 heteroatoms. The van der Waals surface area contributed by atoms with Crippen LogP contribution in [0.25, 0.3) is 0 Å². The van der Waals surface area contributed by atoms with Crippen LogP contribution < -0.4 is 10.6 Å².